The monoisotopic (exact) mass is 422 g/mol. The van der Waals surface area contributed by atoms with E-state index in [-0.39, 0.29) is 11.3 Å². The summed E-state index contributed by atoms with van der Waals surface area (Å²) in [6.07, 6.45) is 0.364. The Morgan fingerprint density at radius 3 is 2.33 bits per heavy atom. The Kier molecular flexibility index (Phi) is 6.56. The fourth-order valence-corrected chi connectivity index (χ4v) is 3.54. The number of aromatic nitrogens is 3. The van der Waals surface area contributed by atoms with E-state index in [0.29, 0.717) is 24.3 Å². The zero-order chi connectivity index (χ0) is 21.9. The first-order valence-electron chi connectivity index (χ1n) is 10.2. The molecule has 0 bridgehead atoms. The predicted octanol–water partition coefficient (Wildman–Crippen LogP) is 5.26. The van der Waals surface area contributed by atoms with E-state index in [1.54, 1.807) is 4.90 Å². The molecule has 6 heteroatoms. The summed E-state index contributed by atoms with van der Waals surface area (Å²) in [6, 6.07) is 16.6. The van der Waals surface area contributed by atoms with E-state index in [1.165, 1.54) is 11.1 Å². The SMILES string of the molecule is Cc1ccc(-c2n[nH]c(=S)n2CCC(=O)N(C)Cc2ccc(C(C)(C)C)cc2)cc1. The first kappa shape index (κ1) is 22.0. The van der Waals surface area contributed by atoms with E-state index in [2.05, 4.69) is 55.2 Å². The number of nitrogens with zero attached hydrogens (tertiary/aromatic N) is 3. The molecule has 1 heterocycles. The number of benzene rings is 2. The molecule has 0 aliphatic heterocycles. The van der Waals surface area contributed by atoms with Gasteiger partial charge in [0.15, 0.2) is 10.6 Å². The van der Waals surface area contributed by atoms with Crippen molar-refractivity contribution in [1.82, 2.24) is 19.7 Å². The summed E-state index contributed by atoms with van der Waals surface area (Å²) in [5.41, 5.74) is 4.70. The largest absolute Gasteiger partial charge is 0.341 e. The highest BCUT2D eigenvalue weighted by atomic mass is 32.1. The van der Waals surface area contributed by atoms with Crippen LogP contribution in [0.2, 0.25) is 0 Å². The zero-order valence-corrected chi connectivity index (χ0v) is 19.2. The number of H-pyrrole nitrogens is 1. The van der Waals surface area contributed by atoms with Crippen molar-refractivity contribution in [1.29, 1.82) is 0 Å². The van der Waals surface area contributed by atoms with E-state index in [0.717, 1.165) is 17.0 Å². The fourth-order valence-electron chi connectivity index (χ4n) is 3.32. The van der Waals surface area contributed by atoms with Gasteiger partial charge in [-0.05, 0) is 35.7 Å². The Hall–Kier alpha value is -2.73. The lowest BCUT2D eigenvalue weighted by molar-refractivity contribution is -0.130. The van der Waals surface area contributed by atoms with Gasteiger partial charge in [0.25, 0.3) is 0 Å². The third-order valence-corrected chi connectivity index (χ3v) is 5.59. The highest BCUT2D eigenvalue weighted by molar-refractivity contribution is 7.71. The Labute approximate surface area is 183 Å². The quantitative estimate of drug-likeness (QED) is 0.551. The Morgan fingerprint density at radius 1 is 1.10 bits per heavy atom. The molecule has 0 radical (unpaired) electrons. The highest BCUT2D eigenvalue weighted by Crippen LogP contribution is 2.23. The number of carbonyl (C=O) groups is 1. The maximum atomic E-state index is 12.7. The number of amides is 1. The molecule has 0 aliphatic carbocycles. The molecular formula is C24H30N4OS. The van der Waals surface area contributed by atoms with Crippen molar-refractivity contribution in [2.45, 2.75) is 52.6 Å². The minimum absolute atomic E-state index is 0.0767. The smallest absolute Gasteiger partial charge is 0.224 e. The molecule has 30 heavy (non-hydrogen) atoms. The van der Waals surface area contributed by atoms with Gasteiger partial charge in [0.05, 0.1) is 0 Å². The molecular weight excluding hydrogens is 392 g/mol. The van der Waals surface area contributed by atoms with Crippen molar-refractivity contribution < 1.29 is 4.79 Å². The Bertz CT molecular complexity index is 1060. The number of aryl methyl sites for hydroxylation is 1. The second kappa shape index (κ2) is 8.96. The number of hydrogen-bond donors (Lipinski definition) is 1. The second-order valence-corrected chi connectivity index (χ2v) is 9.20. The molecule has 5 nitrogen and oxygen atoms in total. The molecule has 0 saturated heterocycles. The van der Waals surface area contributed by atoms with Crippen LogP contribution >= 0.6 is 12.2 Å². The standard InChI is InChI=1S/C24H30N4OS/c1-17-6-10-19(11-7-17)22-25-26-23(30)28(22)15-14-21(29)27(5)16-18-8-12-20(13-9-18)24(2,3)4/h6-13H,14-16H2,1-5H3,(H,26,30). The predicted molar refractivity (Wildman–Crippen MR) is 124 cm³/mol. The maximum absolute atomic E-state index is 12.7. The summed E-state index contributed by atoms with van der Waals surface area (Å²) < 4.78 is 2.42. The van der Waals surface area contributed by atoms with Gasteiger partial charge in [-0.25, -0.2) is 0 Å². The second-order valence-electron chi connectivity index (χ2n) is 8.82. The minimum Gasteiger partial charge on any atom is -0.341 e. The normalized spacial score (nSPS) is 11.5. The lowest BCUT2D eigenvalue weighted by Gasteiger charge is -2.21. The van der Waals surface area contributed by atoms with Crippen molar-refractivity contribution in [3.05, 3.63) is 70.0 Å². The van der Waals surface area contributed by atoms with Gasteiger partial charge in [-0.2, -0.15) is 5.10 Å². The van der Waals surface area contributed by atoms with Crippen LogP contribution in [0.4, 0.5) is 0 Å². The molecule has 1 aromatic heterocycles. The van der Waals surface area contributed by atoms with Crippen LogP contribution in [0.1, 0.15) is 43.9 Å². The van der Waals surface area contributed by atoms with Gasteiger partial charge in [-0.3, -0.25) is 14.5 Å². The van der Waals surface area contributed by atoms with Gasteiger partial charge in [-0.1, -0.05) is 74.9 Å². The number of hydrogen-bond acceptors (Lipinski definition) is 3. The van der Waals surface area contributed by atoms with Crippen LogP contribution < -0.4 is 0 Å². The van der Waals surface area contributed by atoms with Gasteiger partial charge >= 0.3 is 0 Å². The van der Waals surface area contributed by atoms with Gasteiger partial charge in [0, 0.05) is 32.1 Å². The Balaban J connectivity index is 1.64. The summed E-state index contributed by atoms with van der Waals surface area (Å²) in [4.78, 5) is 14.5. The van der Waals surface area contributed by atoms with Crippen LogP contribution in [0.15, 0.2) is 48.5 Å². The molecule has 3 rings (SSSR count). The van der Waals surface area contributed by atoms with E-state index in [1.807, 2.05) is 42.8 Å². The van der Waals surface area contributed by atoms with E-state index in [9.17, 15) is 4.79 Å². The van der Waals surface area contributed by atoms with Crippen LogP contribution in [0.5, 0.6) is 0 Å². The van der Waals surface area contributed by atoms with Gasteiger partial charge in [0.1, 0.15) is 0 Å². The number of carbonyl (C=O) groups excluding carboxylic acids is 1. The molecule has 0 unspecified atom stereocenters. The van der Waals surface area contributed by atoms with Crippen LogP contribution in [0.3, 0.4) is 0 Å². The van der Waals surface area contributed by atoms with Crippen molar-refractivity contribution in [3.8, 4) is 11.4 Å². The number of aromatic amines is 1. The average molecular weight is 423 g/mol. The molecule has 0 fully saturated rings. The van der Waals surface area contributed by atoms with Crippen LogP contribution in [-0.4, -0.2) is 32.6 Å². The third-order valence-electron chi connectivity index (χ3n) is 5.28. The average Bonchev–Trinajstić information content (AvgIpc) is 3.06. The molecule has 1 amide bonds. The van der Waals surface area contributed by atoms with E-state index in [4.69, 9.17) is 12.2 Å². The molecule has 3 aromatic rings. The van der Waals surface area contributed by atoms with Gasteiger partial charge < -0.3 is 4.90 Å². The summed E-state index contributed by atoms with van der Waals surface area (Å²) in [5, 5.41) is 7.21. The van der Waals surface area contributed by atoms with Crippen molar-refractivity contribution in [2.75, 3.05) is 7.05 Å². The molecule has 2 aromatic carbocycles. The first-order chi connectivity index (χ1) is 14.1. The lowest BCUT2D eigenvalue weighted by atomic mass is 9.87. The highest BCUT2D eigenvalue weighted by Gasteiger charge is 2.15. The minimum atomic E-state index is 0.0767. The van der Waals surface area contributed by atoms with Crippen LogP contribution in [0, 0.1) is 11.7 Å². The molecule has 1 N–H and O–H groups in total. The summed E-state index contributed by atoms with van der Waals surface area (Å²) >= 11 is 5.38. The lowest BCUT2D eigenvalue weighted by Crippen LogP contribution is -2.27. The summed E-state index contributed by atoms with van der Waals surface area (Å²) in [7, 11) is 1.84. The van der Waals surface area contributed by atoms with Crippen LogP contribution in [0.25, 0.3) is 11.4 Å². The van der Waals surface area contributed by atoms with Gasteiger partial charge in [0.2, 0.25) is 5.91 Å². The number of nitrogens with one attached hydrogen (secondary N) is 1. The third kappa shape index (κ3) is 5.25. The topological polar surface area (TPSA) is 53.9 Å². The zero-order valence-electron chi connectivity index (χ0n) is 18.4. The molecule has 158 valence electrons. The van der Waals surface area contributed by atoms with E-state index >= 15 is 0 Å². The molecule has 0 aliphatic rings. The van der Waals surface area contributed by atoms with Crippen LogP contribution in [-0.2, 0) is 23.3 Å². The van der Waals surface area contributed by atoms with Crippen molar-refractivity contribution in [3.63, 3.8) is 0 Å². The summed E-state index contributed by atoms with van der Waals surface area (Å²) in [5.74, 6) is 0.834. The molecule has 0 spiro atoms. The molecule has 0 saturated carbocycles. The van der Waals surface area contributed by atoms with Gasteiger partial charge in [-0.15, -0.1) is 0 Å². The van der Waals surface area contributed by atoms with E-state index < -0.39 is 0 Å². The summed E-state index contributed by atoms with van der Waals surface area (Å²) in [6.45, 7) is 9.72. The fraction of sp³-hybridized carbons (Fsp3) is 0.375. The Morgan fingerprint density at radius 2 is 1.73 bits per heavy atom. The number of rotatable bonds is 6. The van der Waals surface area contributed by atoms with Crippen molar-refractivity contribution in [2.24, 2.45) is 0 Å². The maximum Gasteiger partial charge on any atom is 0.224 e. The molecule has 0 atom stereocenters. The van der Waals surface area contributed by atoms with Crippen molar-refractivity contribution >= 4 is 18.1 Å². The first-order valence-corrected chi connectivity index (χ1v) is 10.6.